The van der Waals surface area contributed by atoms with E-state index in [1.165, 1.54) is 23.2 Å². The number of para-hydroxylation sites is 1. The minimum Gasteiger partial charge on any atom is -0.371 e. The predicted molar refractivity (Wildman–Crippen MR) is 85.0 cm³/mol. The van der Waals surface area contributed by atoms with Crippen LogP contribution in [0, 0.1) is 0 Å². The minimum atomic E-state index is 0.205. The Balaban J connectivity index is 1.63. The highest BCUT2D eigenvalue weighted by Crippen LogP contribution is 2.32. The zero-order valence-electron chi connectivity index (χ0n) is 11.8. The van der Waals surface area contributed by atoms with E-state index in [1.807, 2.05) is 0 Å². The van der Waals surface area contributed by atoms with E-state index in [0.717, 1.165) is 25.9 Å². The van der Waals surface area contributed by atoms with E-state index in [4.69, 9.17) is 5.73 Å². The van der Waals surface area contributed by atoms with Crippen LogP contribution in [0.5, 0.6) is 0 Å². The molecule has 1 atom stereocenters. The van der Waals surface area contributed by atoms with Gasteiger partial charge < -0.3 is 10.6 Å². The molecule has 2 N–H and O–H groups in total. The van der Waals surface area contributed by atoms with E-state index in [1.54, 1.807) is 0 Å². The van der Waals surface area contributed by atoms with Crippen LogP contribution in [0.15, 0.2) is 54.6 Å². The van der Waals surface area contributed by atoms with Crippen molar-refractivity contribution in [2.45, 2.75) is 25.3 Å². The Morgan fingerprint density at radius 3 is 2.60 bits per heavy atom. The van der Waals surface area contributed by atoms with E-state index >= 15 is 0 Å². The lowest BCUT2D eigenvalue weighted by molar-refractivity contribution is 0.583. The number of anilines is 1. The zero-order chi connectivity index (χ0) is 13.8. The number of aryl methyl sites for hydroxylation is 1. The Hall–Kier alpha value is -1.80. The van der Waals surface area contributed by atoms with Crippen LogP contribution in [0.4, 0.5) is 5.69 Å². The number of benzene rings is 2. The van der Waals surface area contributed by atoms with Crippen molar-refractivity contribution in [3.8, 4) is 0 Å². The molecule has 3 rings (SSSR count). The Labute approximate surface area is 121 Å². The third-order valence-electron chi connectivity index (χ3n) is 4.12. The summed E-state index contributed by atoms with van der Waals surface area (Å²) in [4.78, 5) is 2.49. The standard InChI is InChI=1S/C18H22N2/c19-17-12-14-20(18-11-5-4-10-16(17)18)13-6-9-15-7-2-1-3-8-15/h1-5,7-8,10-11,17H,6,9,12-14,19H2. The van der Waals surface area contributed by atoms with Crippen molar-refractivity contribution in [3.63, 3.8) is 0 Å². The van der Waals surface area contributed by atoms with Gasteiger partial charge in [0.05, 0.1) is 0 Å². The summed E-state index contributed by atoms with van der Waals surface area (Å²) in [5.74, 6) is 0. The van der Waals surface area contributed by atoms with Crippen molar-refractivity contribution in [2.24, 2.45) is 5.73 Å². The van der Waals surface area contributed by atoms with E-state index in [2.05, 4.69) is 59.5 Å². The molecule has 20 heavy (non-hydrogen) atoms. The highest BCUT2D eigenvalue weighted by atomic mass is 15.1. The molecule has 1 aliphatic heterocycles. The van der Waals surface area contributed by atoms with Gasteiger partial charge in [-0.2, -0.15) is 0 Å². The van der Waals surface area contributed by atoms with Crippen LogP contribution >= 0.6 is 0 Å². The predicted octanol–water partition coefficient (Wildman–Crippen LogP) is 3.53. The van der Waals surface area contributed by atoms with Crippen LogP contribution in [-0.2, 0) is 6.42 Å². The number of fused-ring (bicyclic) bond motifs is 1. The van der Waals surface area contributed by atoms with Crippen LogP contribution in [0.25, 0.3) is 0 Å². The van der Waals surface area contributed by atoms with Gasteiger partial charge in [-0.05, 0) is 36.5 Å². The third-order valence-corrected chi connectivity index (χ3v) is 4.12. The SMILES string of the molecule is NC1CCN(CCCc2ccccc2)c2ccccc21. The van der Waals surface area contributed by atoms with Gasteiger partial charge in [-0.25, -0.2) is 0 Å². The first-order valence-electron chi connectivity index (χ1n) is 7.48. The van der Waals surface area contributed by atoms with Crippen molar-refractivity contribution in [3.05, 3.63) is 65.7 Å². The van der Waals surface area contributed by atoms with Gasteiger partial charge in [-0.1, -0.05) is 48.5 Å². The molecule has 0 amide bonds. The molecule has 2 aromatic rings. The zero-order valence-corrected chi connectivity index (χ0v) is 11.8. The molecule has 2 heteroatoms. The molecule has 0 bridgehead atoms. The fourth-order valence-electron chi connectivity index (χ4n) is 3.01. The maximum Gasteiger partial charge on any atom is 0.0414 e. The minimum absolute atomic E-state index is 0.205. The van der Waals surface area contributed by atoms with Gasteiger partial charge in [-0.3, -0.25) is 0 Å². The van der Waals surface area contributed by atoms with Gasteiger partial charge in [0.2, 0.25) is 0 Å². The molecule has 1 aliphatic rings. The Morgan fingerprint density at radius 2 is 1.75 bits per heavy atom. The molecule has 1 unspecified atom stereocenters. The summed E-state index contributed by atoms with van der Waals surface area (Å²) in [6.07, 6.45) is 3.39. The maximum absolute atomic E-state index is 6.20. The summed E-state index contributed by atoms with van der Waals surface area (Å²) in [7, 11) is 0. The molecule has 0 saturated carbocycles. The maximum atomic E-state index is 6.20. The molecular formula is C18H22N2. The molecule has 0 aliphatic carbocycles. The van der Waals surface area contributed by atoms with E-state index in [0.29, 0.717) is 0 Å². The number of nitrogens with zero attached hydrogens (tertiary/aromatic N) is 1. The molecule has 2 nitrogen and oxygen atoms in total. The largest absolute Gasteiger partial charge is 0.371 e. The van der Waals surface area contributed by atoms with Gasteiger partial charge in [0.15, 0.2) is 0 Å². The molecule has 0 aromatic heterocycles. The Kier molecular flexibility index (Phi) is 4.03. The summed E-state index contributed by atoms with van der Waals surface area (Å²) < 4.78 is 0. The van der Waals surface area contributed by atoms with Gasteiger partial charge in [0.25, 0.3) is 0 Å². The molecule has 2 aromatic carbocycles. The second-order valence-corrected chi connectivity index (χ2v) is 5.53. The normalized spacial score (nSPS) is 17.9. The molecule has 0 radical (unpaired) electrons. The number of hydrogen-bond acceptors (Lipinski definition) is 2. The van der Waals surface area contributed by atoms with Gasteiger partial charge in [-0.15, -0.1) is 0 Å². The lowest BCUT2D eigenvalue weighted by Gasteiger charge is -2.34. The van der Waals surface area contributed by atoms with Crippen LogP contribution < -0.4 is 10.6 Å². The number of rotatable bonds is 4. The highest BCUT2D eigenvalue weighted by molar-refractivity contribution is 5.56. The third kappa shape index (κ3) is 2.86. The quantitative estimate of drug-likeness (QED) is 0.917. The van der Waals surface area contributed by atoms with Crippen LogP contribution in [0.2, 0.25) is 0 Å². The summed E-state index contributed by atoms with van der Waals surface area (Å²) in [6, 6.07) is 19.5. The highest BCUT2D eigenvalue weighted by Gasteiger charge is 2.21. The van der Waals surface area contributed by atoms with Crippen LogP contribution in [0.1, 0.15) is 30.0 Å². The Morgan fingerprint density at radius 1 is 1.00 bits per heavy atom. The molecule has 104 valence electrons. The smallest absolute Gasteiger partial charge is 0.0414 e. The first-order valence-corrected chi connectivity index (χ1v) is 7.48. The molecule has 0 fully saturated rings. The van der Waals surface area contributed by atoms with Crippen LogP contribution in [-0.4, -0.2) is 13.1 Å². The van der Waals surface area contributed by atoms with Crippen molar-refractivity contribution in [1.29, 1.82) is 0 Å². The lowest BCUT2D eigenvalue weighted by Crippen LogP contribution is -2.34. The first-order chi connectivity index (χ1) is 9.84. The molecule has 1 heterocycles. The average Bonchev–Trinajstić information content (AvgIpc) is 2.51. The second kappa shape index (κ2) is 6.10. The first kappa shape index (κ1) is 13.2. The van der Waals surface area contributed by atoms with Gasteiger partial charge >= 0.3 is 0 Å². The summed E-state index contributed by atoms with van der Waals surface area (Å²) in [5.41, 5.74) is 10.3. The summed E-state index contributed by atoms with van der Waals surface area (Å²) in [6.45, 7) is 2.19. The van der Waals surface area contributed by atoms with Crippen LogP contribution in [0.3, 0.4) is 0 Å². The Bertz CT molecular complexity index is 550. The lowest BCUT2D eigenvalue weighted by atomic mass is 9.97. The fraction of sp³-hybridized carbons (Fsp3) is 0.333. The van der Waals surface area contributed by atoms with Crippen molar-refractivity contribution in [1.82, 2.24) is 0 Å². The van der Waals surface area contributed by atoms with E-state index in [9.17, 15) is 0 Å². The fourth-order valence-corrected chi connectivity index (χ4v) is 3.01. The second-order valence-electron chi connectivity index (χ2n) is 5.53. The molecule has 0 saturated heterocycles. The average molecular weight is 266 g/mol. The monoisotopic (exact) mass is 266 g/mol. The van der Waals surface area contributed by atoms with Gasteiger partial charge in [0, 0.05) is 24.8 Å². The van der Waals surface area contributed by atoms with Crippen molar-refractivity contribution >= 4 is 5.69 Å². The van der Waals surface area contributed by atoms with Crippen molar-refractivity contribution < 1.29 is 0 Å². The summed E-state index contributed by atoms with van der Waals surface area (Å²) >= 11 is 0. The van der Waals surface area contributed by atoms with Crippen molar-refractivity contribution in [2.75, 3.05) is 18.0 Å². The molecular weight excluding hydrogens is 244 g/mol. The van der Waals surface area contributed by atoms with E-state index < -0.39 is 0 Å². The number of nitrogens with two attached hydrogens (primary N) is 1. The number of hydrogen-bond donors (Lipinski definition) is 1. The topological polar surface area (TPSA) is 29.3 Å². The molecule has 0 spiro atoms. The van der Waals surface area contributed by atoms with E-state index in [-0.39, 0.29) is 6.04 Å². The summed E-state index contributed by atoms with van der Waals surface area (Å²) in [5, 5.41) is 0. The van der Waals surface area contributed by atoms with Gasteiger partial charge in [0.1, 0.15) is 0 Å².